The van der Waals surface area contributed by atoms with Gasteiger partial charge in [0.25, 0.3) is 0 Å². The molecule has 0 saturated carbocycles. The summed E-state index contributed by atoms with van der Waals surface area (Å²) < 4.78 is 15.8. The number of aromatic amines is 2. The van der Waals surface area contributed by atoms with Crippen LogP contribution >= 0.6 is 0 Å². The Morgan fingerprint density at radius 1 is 1.07 bits per heavy atom. The molecule has 5 aromatic rings. The Balaban J connectivity index is 1.74. The molecule has 6 nitrogen and oxygen atoms in total. The molecule has 0 atom stereocenters. The third-order valence-corrected chi connectivity index (χ3v) is 4.93. The number of aryl methyl sites for hydroxylation is 1. The second-order valence-corrected chi connectivity index (χ2v) is 6.68. The predicted molar refractivity (Wildman–Crippen MR) is 105 cm³/mol. The maximum atomic E-state index is 13.8. The monoisotopic (exact) mass is 372 g/mol. The first-order valence-corrected chi connectivity index (χ1v) is 8.93. The van der Waals surface area contributed by atoms with E-state index in [0.717, 1.165) is 44.9 Å². The van der Waals surface area contributed by atoms with Gasteiger partial charge in [-0.3, -0.25) is 5.10 Å². The Kier molecular flexibility index (Phi) is 3.79. The zero-order valence-electron chi connectivity index (χ0n) is 15.1. The second-order valence-electron chi connectivity index (χ2n) is 6.68. The molecule has 3 aromatic heterocycles. The number of H-pyrrole nitrogens is 2. The summed E-state index contributed by atoms with van der Waals surface area (Å²) in [6, 6.07) is 14.8. The summed E-state index contributed by atoms with van der Waals surface area (Å²) in [5.41, 5.74) is 5.58. The lowest BCUT2D eigenvalue weighted by atomic mass is 10.1. The molecule has 2 aromatic carbocycles. The normalized spacial score (nSPS) is 11.4. The van der Waals surface area contributed by atoms with Crippen molar-refractivity contribution in [1.82, 2.24) is 29.7 Å². The van der Waals surface area contributed by atoms with Gasteiger partial charge in [0.15, 0.2) is 0 Å². The summed E-state index contributed by atoms with van der Waals surface area (Å²) in [5, 5.41) is 7.68. The zero-order chi connectivity index (χ0) is 19.1. The van der Waals surface area contributed by atoms with Gasteiger partial charge in [0, 0.05) is 16.5 Å². The molecule has 5 rings (SSSR count). The number of rotatable bonds is 4. The van der Waals surface area contributed by atoms with Gasteiger partial charge in [0.05, 0.1) is 30.0 Å². The highest BCUT2D eigenvalue weighted by molar-refractivity contribution is 5.92. The van der Waals surface area contributed by atoms with Crippen LogP contribution in [0.2, 0.25) is 0 Å². The van der Waals surface area contributed by atoms with E-state index in [1.165, 1.54) is 12.4 Å². The van der Waals surface area contributed by atoms with E-state index in [4.69, 9.17) is 0 Å². The van der Waals surface area contributed by atoms with Crippen LogP contribution in [0.25, 0.3) is 33.5 Å². The third kappa shape index (κ3) is 2.68. The molecule has 0 unspecified atom stereocenters. The lowest BCUT2D eigenvalue weighted by Crippen LogP contribution is -2.03. The summed E-state index contributed by atoms with van der Waals surface area (Å²) >= 11 is 0. The van der Waals surface area contributed by atoms with Gasteiger partial charge in [0.1, 0.15) is 18.0 Å². The summed E-state index contributed by atoms with van der Waals surface area (Å²) in [6.07, 6.45) is 3.28. The third-order valence-electron chi connectivity index (χ3n) is 4.93. The quantitative estimate of drug-likeness (QED) is 0.494. The van der Waals surface area contributed by atoms with Gasteiger partial charge in [-0.05, 0) is 30.7 Å². The molecule has 0 aliphatic carbocycles. The van der Waals surface area contributed by atoms with Crippen molar-refractivity contribution in [3.05, 3.63) is 78.4 Å². The van der Waals surface area contributed by atoms with Gasteiger partial charge >= 0.3 is 0 Å². The molecule has 0 aliphatic heterocycles. The largest absolute Gasteiger partial charge is 0.353 e. The SMILES string of the molecule is Cc1c(-c2c(-c3ccccc3)ncn2Cc2ncn[nH]2)[nH]c2ccc(F)cc12. The standard InChI is InChI=1S/C21H17FN6/c1-13-16-9-15(22)7-8-17(16)26-19(13)21-20(14-5-3-2-4-6-14)24-12-28(21)10-18-23-11-25-27-18/h2-9,11-12,26H,10H2,1H3,(H,23,25,27). The van der Waals surface area contributed by atoms with E-state index in [1.54, 1.807) is 18.5 Å². The minimum absolute atomic E-state index is 0.250. The molecule has 0 saturated heterocycles. The van der Waals surface area contributed by atoms with Crippen LogP contribution in [0.15, 0.2) is 61.2 Å². The number of hydrogen-bond donors (Lipinski definition) is 2. The smallest absolute Gasteiger partial charge is 0.144 e. The molecular formula is C21H17FN6. The fourth-order valence-corrected chi connectivity index (χ4v) is 3.58. The second kappa shape index (κ2) is 6.45. The molecule has 0 aliphatic rings. The highest BCUT2D eigenvalue weighted by atomic mass is 19.1. The molecule has 28 heavy (non-hydrogen) atoms. The first-order valence-electron chi connectivity index (χ1n) is 8.93. The van der Waals surface area contributed by atoms with Gasteiger partial charge in [-0.15, -0.1) is 0 Å². The number of aromatic nitrogens is 6. The molecule has 0 spiro atoms. The topological polar surface area (TPSA) is 75.2 Å². The van der Waals surface area contributed by atoms with E-state index >= 15 is 0 Å². The van der Waals surface area contributed by atoms with E-state index in [0.29, 0.717) is 6.54 Å². The van der Waals surface area contributed by atoms with Crippen molar-refractivity contribution in [2.75, 3.05) is 0 Å². The molecule has 7 heteroatoms. The number of benzene rings is 2. The first kappa shape index (κ1) is 16.4. The van der Waals surface area contributed by atoms with Crippen LogP contribution in [-0.2, 0) is 6.54 Å². The highest BCUT2D eigenvalue weighted by Gasteiger charge is 2.20. The van der Waals surface area contributed by atoms with Crippen LogP contribution in [-0.4, -0.2) is 29.7 Å². The number of imidazole rings is 1. The Morgan fingerprint density at radius 2 is 1.93 bits per heavy atom. The molecule has 3 heterocycles. The number of nitrogens with one attached hydrogen (secondary N) is 2. The van der Waals surface area contributed by atoms with Crippen LogP contribution in [0.5, 0.6) is 0 Å². The van der Waals surface area contributed by atoms with E-state index < -0.39 is 0 Å². The van der Waals surface area contributed by atoms with Crippen molar-refractivity contribution in [2.45, 2.75) is 13.5 Å². The number of halogens is 1. The van der Waals surface area contributed by atoms with Crippen LogP contribution in [0.4, 0.5) is 4.39 Å². The fraction of sp³-hybridized carbons (Fsp3) is 0.0952. The summed E-state index contributed by atoms with van der Waals surface area (Å²) in [4.78, 5) is 12.4. The summed E-state index contributed by atoms with van der Waals surface area (Å²) in [7, 11) is 0. The maximum absolute atomic E-state index is 13.8. The van der Waals surface area contributed by atoms with E-state index in [9.17, 15) is 4.39 Å². The molecule has 138 valence electrons. The Hall–Kier alpha value is -3.74. The molecule has 0 fully saturated rings. The number of fused-ring (bicyclic) bond motifs is 1. The Morgan fingerprint density at radius 3 is 2.71 bits per heavy atom. The van der Waals surface area contributed by atoms with Crippen molar-refractivity contribution < 1.29 is 4.39 Å². The summed E-state index contributed by atoms with van der Waals surface area (Å²) in [6.45, 7) is 2.49. The number of hydrogen-bond acceptors (Lipinski definition) is 3. The zero-order valence-corrected chi connectivity index (χ0v) is 15.1. The van der Waals surface area contributed by atoms with Crippen molar-refractivity contribution in [3.63, 3.8) is 0 Å². The van der Waals surface area contributed by atoms with Gasteiger partial charge in [-0.2, -0.15) is 5.10 Å². The van der Waals surface area contributed by atoms with Gasteiger partial charge in [-0.25, -0.2) is 14.4 Å². The van der Waals surface area contributed by atoms with Gasteiger partial charge < -0.3 is 9.55 Å². The predicted octanol–water partition coefficient (Wildman–Crippen LogP) is 4.31. The Bertz CT molecular complexity index is 1250. The van der Waals surface area contributed by atoms with E-state index in [2.05, 4.69) is 25.1 Å². The van der Waals surface area contributed by atoms with Crippen LogP contribution in [0.1, 0.15) is 11.4 Å². The lowest BCUT2D eigenvalue weighted by Gasteiger charge is -2.09. The van der Waals surface area contributed by atoms with E-state index in [1.807, 2.05) is 41.8 Å². The van der Waals surface area contributed by atoms with Crippen molar-refractivity contribution in [1.29, 1.82) is 0 Å². The first-order chi connectivity index (χ1) is 13.7. The molecule has 2 N–H and O–H groups in total. The van der Waals surface area contributed by atoms with Crippen LogP contribution in [0.3, 0.4) is 0 Å². The van der Waals surface area contributed by atoms with E-state index in [-0.39, 0.29) is 5.82 Å². The maximum Gasteiger partial charge on any atom is 0.144 e. The molecular weight excluding hydrogens is 355 g/mol. The fourth-order valence-electron chi connectivity index (χ4n) is 3.58. The van der Waals surface area contributed by atoms with Crippen LogP contribution < -0.4 is 0 Å². The van der Waals surface area contributed by atoms with Gasteiger partial charge in [-0.1, -0.05) is 30.3 Å². The van der Waals surface area contributed by atoms with Gasteiger partial charge in [0.2, 0.25) is 0 Å². The molecule has 0 bridgehead atoms. The minimum atomic E-state index is -0.250. The molecule has 0 radical (unpaired) electrons. The average molecular weight is 372 g/mol. The summed E-state index contributed by atoms with van der Waals surface area (Å²) in [5.74, 6) is 0.484. The molecule has 0 amide bonds. The highest BCUT2D eigenvalue weighted by Crippen LogP contribution is 2.36. The average Bonchev–Trinajstić information content (AvgIpc) is 3.43. The van der Waals surface area contributed by atoms with Crippen molar-refractivity contribution >= 4 is 10.9 Å². The minimum Gasteiger partial charge on any atom is -0.353 e. The van der Waals surface area contributed by atoms with Crippen molar-refractivity contribution in [2.24, 2.45) is 0 Å². The lowest BCUT2D eigenvalue weighted by molar-refractivity contribution is 0.629. The Labute approximate surface area is 160 Å². The number of nitrogens with zero attached hydrogens (tertiary/aromatic N) is 4. The van der Waals surface area contributed by atoms with Crippen molar-refractivity contribution in [3.8, 4) is 22.6 Å². The van der Waals surface area contributed by atoms with Crippen LogP contribution in [0, 0.1) is 12.7 Å².